The van der Waals surface area contributed by atoms with E-state index in [2.05, 4.69) is 27.9 Å². The van der Waals surface area contributed by atoms with Gasteiger partial charge in [-0.25, -0.2) is 0 Å². The Morgan fingerprint density at radius 3 is 2.69 bits per heavy atom. The van der Waals surface area contributed by atoms with Crippen molar-refractivity contribution >= 4 is 38.6 Å². The topological polar surface area (TPSA) is 83.5 Å². The highest BCUT2D eigenvalue weighted by atomic mass is 127. The van der Waals surface area contributed by atoms with Gasteiger partial charge in [-0.2, -0.15) is 8.42 Å². The fourth-order valence-electron chi connectivity index (χ4n) is 1.03. The molecule has 0 saturated heterocycles. The molecule has 0 unspecified atom stereocenters. The maximum atomic E-state index is 11.5. The molecule has 88 valence electrons. The number of carbonyl (C=O) groups excluding carboxylic acids is 1. The molecule has 0 spiro atoms. The lowest BCUT2D eigenvalue weighted by Crippen LogP contribution is -2.28. The number of carbonyl (C=O) groups is 1. The summed E-state index contributed by atoms with van der Waals surface area (Å²) in [6, 6.07) is 6.89. The summed E-state index contributed by atoms with van der Waals surface area (Å²) in [5.41, 5.74) is 0.460. The number of amides is 1. The molecule has 0 radical (unpaired) electrons. The molecule has 2 N–H and O–H groups in total. The van der Waals surface area contributed by atoms with Gasteiger partial charge in [-0.05, 0) is 40.8 Å². The number of benzene rings is 1. The first kappa shape index (κ1) is 13.4. The van der Waals surface area contributed by atoms with Crippen LogP contribution in [0, 0.1) is 3.57 Å². The molecule has 1 aromatic rings. The zero-order valence-electron chi connectivity index (χ0n) is 8.18. The summed E-state index contributed by atoms with van der Waals surface area (Å²) < 4.78 is 30.2. The van der Waals surface area contributed by atoms with E-state index in [4.69, 9.17) is 4.55 Å². The lowest BCUT2D eigenvalue weighted by Gasteiger charge is -2.04. The van der Waals surface area contributed by atoms with E-state index in [1.54, 1.807) is 18.2 Å². The van der Waals surface area contributed by atoms with Crippen LogP contribution < -0.4 is 5.32 Å². The number of rotatable bonds is 4. The molecule has 0 aliphatic carbocycles. The van der Waals surface area contributed by atoms with Gasteiger partial charge in [-0.15, -0.1) is 0 Å². The van der Waals surface area contributed by atoms with Crippen LogP contribution in [0.4, 0.5) is 0 Å². The second-order valence-electron chi connectivity index (χ2n) is 3.05. The third-order valence-corrected chi connectivity index (χ3v) is 3.12. The van der Waals surface area contributed by atoms with Crippen molar-refractivity contribution in [3.8, 4) is 0 Å². The van der Waals surface area contributed by atoms with Crippen LogP contribution in [0.2, 0.25) is 0 Å². The minimum atomic E-state index is -4.03. The average molecular weight is 355 g/mol. The van der Waals surface area contributed by atoms with Crippen LogP contribution in [-0.2, 0) is 10.1 Å². The highest BCUT2D eigenvalue weighted by molar-refractivity contribution is 14.1. The van der Waals surface area contributed by atoms with Crippen LogP contribution in [0.1, 0.15) is 10.4 Å². The summed E-state index contributed by atoms with van der Waals surface area (Å²) in [6.45, 7) is -0.108. The van der Waals surface area contributed by atoms with Crippen LogP contribution in [-0.4, -0.2) is 31.2 Å². The van der Waals surface area contributed by atoms with Gasteiger partial charge in [0.1, 0.15) is 0 Å². The fraction of sp³-hybridized carbons (Fsp3) is 0.222. The van der Waals surface area contributed by atoms with E-state index < -0.39 is 15.9 Å². The van der Waals surface area contributed by atoms with Gasteiger partial charge in [0.2, 0.25) is 0 Å². The van der Waals surface area contributed by atoms with Crippen molar-refractivity contribution in [2.45, 2.75) is 0 Å². The zero-order chi connectivity index (χ0) is 12.2. The Labute approximate surface area is 107 Å². The molecule has 0 bridgehead atoms. The molecule has 0 aromatic heterocycles. The number of nitrogens with one attached hydrogen (secondary N) is 1. The molecular weight excluding hydrogens is 345 g/mol. The van der Waals surface area contributed by atoms with Crippen molar-refractivity contribution in [2.24, 2.45) is 0 Å². The third kappa shape index (κ3) is 4.90. The molecule has 0 aliphatic rings. The van der Waals surface area contributed by atoms with E-state index in [0.29, 0.717) is 5.56 Å². The predicted octanol–water partition coefficient (Wildman–Crippen LogP) is 0.909. The molecule has 0 atom stereocenters. The van der Waals surface area contributed by atoms with Gasteiger partial charge in [0.05, 0.1) is 5.75 Å². The molecule has 5 nitrogen and oxygen atoms in total. The molecular formula is C9H10INO4S. The van der Waals surface area contributed by atoms with E-state index in [9.17, 15) is 13.2 Å². The second-order valence-corrected chi connectivity index (χ2v) is 5.87. The quantitative estimate of drug-likeness (QED) is 0.621. The normalized spacial score (nSPS) is 11.1. The molecule has 0 heterocycles. The van der Waals surface area contributed by atoms with Gasteiger partial charge in [-0.1, -0.05) is 6.07 Å². The first-order chi connectivity index (χ1) is 7.38. The molecule has 1 rings (SSSR count). The van der Waals surface area contributed by atoms with Gasteiger partial charge in [-0.3, -0.25) is 9.35 Å². The zero-order valence-corrected chi connectivity index (χ0v) is 11.2. The largest absolute Gasteiger partial charge is 0.351 e. The SMILES string of the molecule is O=C(NCCS(=O)(=O)O)c1cccc(I)c1. The standard InChI is InChI=1S/C9H10INO4S/c10-8-3-1-2-7(6-8)9(12)11-4-5-16(13,14)15/h1-3,6H,4-5H2,(H,11,12)(H,13,14,15). The van der Waals surface area contributed by atoms with Gasteiger partial charge < -0.3 is 5.32 Å². The van der Waals surface area contributed by atoms with Crippen molar-refractivity contribution in [3.05, 3.63) is 33.4 Å². The van der Waals surface area contributed by atoms with E-state index in [1.165, 1.54) is 0 Å². The summed E-state index contributed by atoms with van der Waals surface area (Å²) >= 11 is 2.07. The van der Waals surface area contributed by atoms with Crippen LogP contribution in [0.5, 0.6) is 0 Å². The maximum absolute atomic E-state index is 11.5. The molecule has 0 saturated carbocycles. The fourth-order valence-corrected chi connectivity index (χ4v) is 1.93. The average Bonchev–Trinajstić information content (AvgIpc) is 2.15. The first-order valence-electron chi connectivity index (χ1n) is 4.37. The molecule has 0 fully saturated rings. The van der Waals surface area contributed by atoms with E-state index in [-0.39, 0.29) is 12.5 Å². The number of hydrogen-bond donors (Lipinski definition) is 2. The minimum absolute atomic E-state index is 0.108. The molecule has 1 amide bonds. The van der Waals surface area contributed by atoms with E-state index >= 15 is 0 Å². The lowest BCUT2D eigenvalue weighted by atomic mass is 10.2. The number of hydrogen-bond acceptors (Lipinski definition) is 3. The van der Waals surface area contributed by atoms with Gasteiger partial charge in [0.25, 0.3) is 16.0 Å². The Morgan fingerprint density at radius 2 is 2.12 bits per heavy atom. The Bertz CT molecular complexity index is 486. The van der Waals surface area contributed by atoms with Crippen molar-refractivity contribution in [2.75, 3.05) is 12.3 Å². The Hall–Kier alpha value is -0.670. The lowest BCUT2D eigenvalue weighted by molar-refractivity contribution is 0.0956. The van der Waals surface area contributed by atoms with Crippen LogP contribution in [0.25, 0.3) is 0 Å². The van der Waals surface area contributed by atoms with Gasteiger partial charge in [0.15, 0.2) is 0 Å². The predicted molar refractivity (Wildman–Crippen MR) is 67.9 cm³/mol. The Kier molecular flexibility index (Phi) is 4.69. The smallest absolute Gasteiger partial charge is 0.266 e. The number of halogens is 1. The molecule has 7 heteroatoms. The summed E-state index contributed by atoms with van der Waals surface area (Å²) in [5, 5.41) is 2.40. The molecule has 16 heavy (non-hydrogen) atoms. The summed E-state index contributed by atoms with van der Waals surface area (Å²) in [6.07, 6.45) is 0. The van der Waals surface area contributed by atoms with Crippen LogP contribution in [0.15, 0.2) is 24.3 Å². The second kappa shape index (κ2) is 5.60. The van der Waals surface area contributed by atoms with Gasteiger partial charge in [0, 0.05) is 15.7 Å². The first-order valence-corrected chi connectivity index (χ1v) is 7.06. The summed E-state index contributed by atoms with van der Waals surface area (Å²) in [7, 11) is -4.03. The van der Waals surface area contributed by atoms with Crippen LogP contribution in [0.3, 0.4) is 0 Å². The molecule has 1 aromatic carbocycles. The van der Waals surface area contributed by atoms with Crippen molar-refractivity contribution < 1.29 is 17.8 Å². The van der Waals surface area contributed by atoms with Crippen LogP contribution >= 0.6 is 22.6 Å². The summed E-state index contributed by atoms with van der Waals surface area (Å²) in [4.78, 5) is 11.5. The van der Waals surface area contributed by atoms with Crippen molar-refractivity contribution in [1.82, 2.24) is 5.32 Å². The van der Waals surface area contributed by atoms with Crippen molar-refractivity contribution in [3.63, 3.8) is 0 Å². The summed E-state index contributed by atoms with van der Waals surface area (Å²) in [5.74, 6) is -0.843. The minimum Gasteiger partial charge on any atom is -0.351 e. The third-order valence-electron chi connectivity index (χ3n) is 1.73. The maximum Gasteiger partial charge on any atom is 0.266 e. The van der Waals surface area contributed by atoms with Gasteiger partial charge >= 0.3 is 0 Å². The molecule has 0 aliphatic heterocycles. The van der Waals surface area contributed by atoms with E-state index in [0.717, 1.165) is 3.57 Å². The highest BCUT2D eigenvalue weighted by Gasteiger charge is 2.08. The van der Waals surface area contributed by atoms with E-state index in [1.807, 2.05) is 6.07 Å². The Morgan fingerprint density at radius 1 is 1.44 bits per heavy atom. The van der Waals surface area contributed by atoms with Crippen molar-refractivity contribution in [1.29, 1.82) is 0 Å². The Balaban J connectivity index is 2.54. The highest BCUT2D eigenvalue weighted by Crippen LogP contribution is 2.07. The monoisotopic (exact) mass is 355 g/mol.